The molecule has 0 amide bonds. The van der Waals surface area contributed by atoms with E-state index < -0.39 is 0 Å². The van der Waals surface area contributed by atoms with E-state index in [1.165, 1.54) is 19.3 Å². The number of aryl methyl sites for hydroxylation is 1. The van der Waals surface area contributed by atoms with Gasteiger partial charge in [0.1, 0.15) is 0 Å². The SMILES string of the molecule is CCCCC1COC(c2ccc(-c3cc(C)c(N=C=S)c(Cl)c3)cc2)OC1. The monoisotopic (exact) mass is 401 g/mol. The number of aliphatic imine (C=N–C) groups is 1. The maximum absolute atomic E-state index is 6.35. The first-order valence-corrected chi connectivity index (χ1v) is 10.1. The highest BCUT2D eigenvalue weighted by Gasteiger charge is 2.23. The molecule has 2 aromatic carbocycles. The first-order chi connectivity index (χ1) is 13.1. The molecule has 0 atom stereocenters. The van der Waals surface area contributed by atoms with E-state index in [1.807, 2.05) is 13.0 Å². The van der Waals surface area contributed by atoms with Gasteiger partial charge in [-0.1, -0.05) is 55.6 Å². The van der Waals surface area contributed by atoms with Crippen LogP contribution in [0.5, 0.6) is 0 Å². The van der Waals surface area contributed by atoms with E-state index in [1.54, 1.807) is 0 Å². The van der Waals surface area contributed by atoms with Crippen LogP contribution < -0.4 is 0 Å². The minimum absolute atomic E-state index is 0.276. The number of unbranched alkanes of at least 4 members (excludes halogenated alkanes) is 1. The number of ether oxygens (including phenoxy) is 2. The summed E-state index contributed by atoms with van der Waals surface area (Å²) in [6.45, 7) is 5.71. The first-order valence-electron chi connectivity index (χ1n) is 9.34. The van der Waals surface area contributed by atoms with E-state index in [0.29, 0.717) is 16.6 Å². The van der Waals surface area contributed by atoms with Crippen LogP contribution in [0, 0.1) is 12.8 Å². The van der Waals surface area contributed by atoms with Gasteiger partial charge in [-0.15, -0.1) is 0 Å². The molecule has 5 heteroatoms. The average Bonchev–Trinajstić information content (AvgIpc) is 2.69. The predicted octanol–water partition coefficient (Wildman–Crippen LogP) is 6.90. The molecule has 27 heavy (non-hydrogen) atoms. The lowest BCUT2D eigenvalue weighted by molar-refractivity contribution is -0.206. The van der Waals surface area contributed by atoms with Crippen LogP contribution in [0.3, 0.4) is 0 Å². The summed E-state index contributed by atoms with van der Waals surface area (Å²) in [4.78, 5) is 4.04. The summed E-state index contributed by atoms with van der Waals surface area (Å²) >= 11 is 11.0. The molecule has 2 aromatic rings. The summed E-state index contributed by atoms with van der Waals surface area (Å²) < 4.78 is 11.9. The molecule has 0 radical (unpaired) electrons. The van der Waals surface area contributed by atoms with E-state index in [4.69, 9.17) is 21.1 Å². The van der Waals surface area contributed by atoms with Crippen LogP contribution in [0.1, 0.15) is 43.6 Å². The molecule has 0 aromatic heterocycles. The fourth-order valence-electron chi connectivity index (χ4n) is 3.32. The van der Waals surface area contributed by atoms with Gasteiger partial charge in [-0.3, -0.25) is 0 Å². The second-order valence-electron chi connectivity index (χ2n) is 6.96. The molecule has 1 heterocycles. The topological polar surface area (TPSA) is 30.8 Å². The van der Waals surface area contributed by atoms with Gasteiger partial charge in [0.15, 0.2) is 6.29 Å². The van der Waals surface area contributed by atoms with Gasteiger partial charge in [-0.25, -0.2) is 0 Å². The van der Waals surface area contributed by atoms with Crippen LogP contribution in [0.15, 0.2) is 41.4 Å². The minimum atomic E-state index is -0.276. The van der Waals surface area contributed by atoms with Crippen molar-refractivity contribution < 1.29 is 9.47 Å². The number of rotatable bonds is 6. The Kier molecular flexibility index (Phi) is 7.17. The van der Waals surface area contributed by atoms with Gasteiger partial charge in [-0.2, -0.15) is 4.99 Å². The van der Waals surface area contributed by atoms with Gasteiger partial charge in [0.25, 0.3) is 0 Å². The molecule has 0 unspecified atom stereocenters. The zero-order valence-electron chi connectivity index (χ0n) is 15.7. The molecule has 1 aliphatic rings. The Balaban J connectivity index is 1.70. The third kappa shape index (κ3) is 5.04. The number of thiocarbonyl (C=S) groups is 1. The van der Waals surface area contributed by atoms with Gasteiger partial charge in [0.2, 0.25) is 0 Å². The third-order valence-electron chi connectivity index (χ3n) is 4.86. The lowest BCUT2D eigenvalue weighted by Gasteiger charge is -2.29. The van der Waals surface area contributed by atoms with Gasteiger partial charge in [-0.05, 0) is 54.4 Å². The molecule has 142 valence electrons. The van der Waals surface area contributed by atoms with Gasteiger partial charge < -0.3 is 9.47 Å². The van der Waals surface area contributed by atoms with Crippen LogP contribution in [-0.2, 0) is 9.47 Å². The Hall–Kier alpha value is -1.55. The Bertz CT molecular complexity index is 800. The summed E-state index contributed by atoms with van der Waals surface area (Å²) in [5, 5.41) is 2.95. The summed E-state index contributed by atoms with van der Waals surface area (Å²) in [6.07, 6.45) is 3.34. The molecule has 0 spiro atoms. The van der Waals surface area contributed by atoms with E-state index in [9.17, 15) is 0 Å². The average molecular weight is 402 g/mol. The van der Waals surface area contributed by atoms with Crippen molar-refractivity contribution in [2.24, 2.45) is 10.9 Å². The molecule has 3 rings (SSSR count). The standard InChI is InChI=1S/C22H24ClNO2S/c1-3-4-5-16-12-25-22(26-13-16)18-8-6-17(7-9-18)19-10-15(2)21(24-14-27)20(23)11-19/h6-11,16,22H,3-5,12-13H2,1-2H3. The second kappa shape index (κ2) is 9.59. The number of isothiocyanates is 1. The Morgan fingerprint density at radius 2 is 1.85 bits per heavy atom. The van der Waals surface area contributed by atoms with Crippen molar-refractivity contribution in [2.75, 3.05) is 13.2 Å². The summed E-state index contributed by atoms with van der Waals surface area (Å²) in [5.41, 5.74) is 4.80. The van der Waals surface area contributed by atoms with Crippen molar-refractivity contribution in [1.82, 2.24) is 0 Å². The van der Waals surface area contributed by atoms with Crippen molar-refractivity contribution in [1.29, 1.82) is 0 Å². The van der Waals surface area contributed by atoms with Gasteiger partial charge >= 0.3 is 0 Å². The highest BCUT2D eigenvalue weighted by atomic mass is 35.5. The van der Waals surface area contributed by atoms with Crippen LogP contribution >= 0.6 is 23.8 Å². The summed E-state index contributed by atoms with van der Waals surface area (Å²) in [5.74, 6) is 0.513. The van der Waals surface area contributed by atoms with E-state index in [0.717, 1.165) is 35.5 Å². The summed E-state index contributed by atoms with van der Waals surface area (Å²) in [7, 11) is 0. The quantitative estimate of drug-likeness (QED) is 0.389. The van der Waals surface area contributed by atoms with Crippen LogP contribution in [0.4, 0.5) is 5.69 Å². The highest BCUT2D eigenvalue weighted by molar-refractivity contribution is 7.78. The van der Waals surface area contributed by atoms with Gasteiger partial charge in [0.05, 0.1) is 29.1 Å². The second-order valence-corrected chi connectivity index (χ2v) is 7.55. The van der Waals surface area contributed by atoms with Gasteiger partial charge in [0, 0.05) is 11.5 Å². The number of hydrogen-bond acceptors (Lipinski definition) is 4. The lowest BCUT2D eigenvalue weighted by Crippen LogP contribution is -2.27. The molecular formula is C22H24ClNO2S. The molecule has 1 saturated heterocycles. The fraction of sp³-hybridized carbons (Fsp3) is 0.409. The van der Waals surface area contributed by atoms with E-state index in [2.05, 4.69) is 59.6 Å². The van der Waals surface area contributed by atoms with Crippen molar-refractivity contribution in [3.05, 3.63) is 52.5 Å². The van der Waals surface area contributed by atoms with Crippen molar-refractivity contribution in [2.45, 2.75) is 39.4 Å². The number of halogens is 1. The highest BCUT2D eigenvalue weighted by Crippen LogP contribution is 2.35. The molecule has 0 aliphatic carbocycles. The van der Waals surface area contributed by atoms with Crippen molar-refractivity contribution in [3.8, 4) is 11.1 Å². The molecule has 1 aliphatic heterocycles. The smallest absolute Gasteiger partial charge is 0.183 e. The van der Waals surface area contributed by atoms with Crippen LogP contribution in [0.2, 0.25) is 5.02 Å². The third-order valence-corrected chi connectivity index (χ3v) is 5.24. The van der Waals surface area contributed by atoms with E-state index >= 15 is 0 Å². The zero-order chi connectivity index (χ0) is 19.2. The normalized spacial score (nSPS) is 19.5. The van der Waals surface area contributed by atoms with Crippen LogP contribution in [-0.4, -0.2) is 18.4 Å². The Morgan fingerprint density at radius 3 is 2.44 bits per heavy atom. The molecular weight excluding hydrogens is 378 g/mol. The Labute approximate surface area is 171 Å². The number of nitrogens with zero attached hydrogens (tertiary/aromatic N) is 1. The van der Waals surface area contributed by atoms with Crippen molar-refractivity contribution >= 4 is 34.7 Å². The maximum atomic E-state index is 6.35. The number of hydrogen-bond donors (Lipinski definition) is 0. The maximum Gasteiger partial charge on any atom is 0.183 e. The van der Waals surface area contributed by atoms with Crippen LogP contribution in [0.25, 0.3) is 11.1 Å². The molecule has 3 nitrogen and oxygen atoms in total. The van der Waals surface area contributed by atoms with Crippen molar-refractivity contribution in [3.63, 3.8) is 0 Å². The minimum Gasteiger partial charge on any atom is -0.348 e. The number of benzene rings is 2. The molecule has 0 N–H and O–H groups in total. The predicted molar refractivity (Wildman–Crippen MR) is 114 cm³/mol. The van der Waals surface area contributed by atoms with E-state index in [-0.39, 0.29) is 6.29 Å². The molecule has 1 fully saturated rings. The summed E-state index contributed by atoms with van der Waals surface area (Å²) in [6, 6.07) is 12.2. The molecule has 0 saturated carbocycles. The first kappa shape index (κ1) is 20.2. The Morgan fingerprint density at radius 1 is 1.15 bits per heavy atom. The fourth-order valence-corrected chi connectivity index (χ4v) is 3.72. The lowest BCUT2D eigenvalue weighted by atomic mass is 10.0. The largest absolute Gasteiger partial charge is 0.348 e. The zero-order valence-corrected chi connectivity index (χ0v) is 17.3. The molecule has 0 bridgehead atoms.